The fourth-order valence-corrected chi connectivity index (χ4v) is 0.513. The molecule has 0 atom stereocenters. The molecule has 0 saturated carbocycles. The van der Waals surface area contributed by atoms with E-state index < -0.39 is 0 Å². The Balaban J connectivity index is 0.000000292. The van der Waals surface area contributed by atoms with E-state index in [-0.39, 0.29) is 6.47 Å². The molecule has 0 bridgehead atoms. The Morgan fingerprint density at radius 1 is 0.727 bits per heavy atom. The zero-order valence-electron chi connectivity index (χ0n) is 6.05. The number of rotatable bonds is 0. The van der Waals surface area contributed by atoms with Gasteiger partial charge in [-0.2, -0.15) is 0 Å². The predicted molar refractivity (Wildman–Crippen MR) is 45.3 cm³/mol. The van der Waals surface area contributed by atoms with Gasteiger partial charge in [0.15, 0.2) is 0 Å². The van der Waals surface area contributed by atoms with Crippen molar-refractivity contribution in [2.24, 2.45) is 0 Å². The molecule has 11 heavy (non-hydrogen) atoms. The topological polar surface area (TPSA) is 37.3 Å². The van der Waals surface area contributed by atoms with E-state index >= 15 is 0 Å². The van der Waals surface area contributed by atoms with Gasteiger partial charge in [0.25, 0.3) is 6.47 Å². The Bertz CT molecular complexity index is 142. The monoisotopic (exact) mass is 150 g/mol. The van der Waals surface area contributed by atoms with Gasteiger partial charge in [0, 0.05) is 0 Å². The van der Waals surface area contributed by atoms with Crippen LogP contribution in [0.3, 0.4) is 0 Å². The van der Waals surface area contributed by atoms with E-state index in [2.05, 4.69) is 0 Å². The lowest BCUT2D eigenvalue weighted by Gasteiger charge is -1.77. The summed E-state index contributed by atoms with van der Waals surface area (Å²) < 4.78 is 0. The molecule has 58 valence electrons. The van der Waals surface area contributed by atoms with Crippen molar-refractivity contribution < 1.29 is 9.90 Å². The molecule has 0 unspecified atom stereocenters. The molecule has 0 fully saturated rings. The van der Waals surface area contributed by atoms with Crippen LogP contribution in [0.5, 0.6) is 0 Å². The summed E-state index contributed by atoms with van der Waals surface area (Å²) >= 11 is 0. The van der Waals surface area contributed by atoms with Crippen LogP contribution in [-0.4, -0.2) is 11.6 Å². The average molecular weight is 150 g/mol. The molecular weight excluding hydrogens is 140 g/mol. The molecule has 0 aromatic heterocycles. The number of carbonyl (C=O) groups is 1. The molecule has 0 saturated heterocycles. The summed E-state index contributed by atoms with van der Waals surface area (Å²) in [4.78, 5) is 8.36. The Morgan fingerprint density at radius 3 is 0.909 bits per heavy atom. The van der Waals surface area contributed by atoms with Gasteiger partial charge in [-0.15, -0.1) is 0 Å². The first-order valence-corrected chi connectivity index (χ1v) is 3.16. The van der Waals surface area contributed by atoms with Crippen LogP contribution in [0.1, 0.15) is 0 Å². The molecule has 1 rings (SSSR count). The van der Waals surface area contributed by atoms with E-state index in [1.54, 1.807) is 0 Å². The van der Waals surface area contributed by atoms with E-state index in [1.165, 1.54) is 0 Å². The Kier molecular flexibility index (Phi) is 7.23. The van der Waals surface area contributed by atoms with Gasteiger partial charge in [-0.05, 0) is 0 Å². The van der Waals surface area contributed by atoms with E-state index in [1.807, 2.05) is 48.6 Å². The lowest BCUT2D eigenvalue weighted by atomic mass is 10.3. The normalized spacial score (nSPS) is 12.7. The van der Waals surface area contributed by atoms with Crippen LogP contribution in [0.2, 0.25) is 0 Å². The smallest absolute Gasteiger partial charge is 0.290 e. The highest BCUT2D eigenvalue weighted by atomic mass is 16.3. The maximum atomic E-state index is 8.36. The summed E-state index contributed by atoms with van der Waals surface area (Å²) in [5.74, 6) is 0. The second-order valence-electron chi connectivity index (χ2n) is 1.65. The van der Waals surface area contributed by atoms with Crippen molar-refractivity contribution in [2.45, 2.75) is 0 Å². The molecule has 0 amide bonds. The zero-order chi connectivity index (χ0) is 8.36. The first-order valence-electron chi connectivity index (χ1n) is 3.16. The van der Waals surface area contributed by atoms with E-state index in [9.17, 15) is 0 Å². The van der Waals surface area contributed by atoms with Crippen molar-refractivity contribution in [3.05, 3.63) is 48.6 Å². The van der Waals surface area contributed by atoms with Crippen molar-refractivity contribution >= 4 is 6.47 Å². The molecule has 0 spiro atoms. The summed E-state index contributed by atoms with van der Waals surface area (Å²) in [6.07, 6.45) is 16.0. The van der Waals surface area contributed by atoms with Gasteiger partial charge < -0.3 is 5.11 Å². The molecule has 0 aliphatic heterocycles. The van der Waals surface area contributed by atoms with Crippen molar-refractivity contribution in [3.63, 3.8) is 0 Å². The molecule has 0 radical (unpaired) electrons. The number of allylic oxidation sites excluding steroid dienone is 8. The highest BCUT2D eigenvalue weighted by molar-refractivity contribution is 5.32. The largest absolute Gasteiger partial charge is 0.483 e. The summed E-state index contributed by atoms with van der Waals surface area (Å²) in [6.45, 7) is -0.250. The molecule has 1 aliphatic carbocycles. The Morgan fingerprint density at radius 2 is 0.818 bits per heavy atom. The highest BCUT2D eigenvalue weighted by Gasteiger charge is 1.65. The van der Waals surface area contributed by atoms with Crippen LogP contribution in [0, 0.1) is 0 Å². The first kappa shape index (κ1) is 9.43. The van der Waals surface area contributed by atoms with Crippen molar-refractivity contribution in [1.29, 1.82) is 0 Å². The minimum absolute atomic E-state index is 0.250. The van der Waals surface area contributed by atoms with Crippen LogP contribution in [0.15, 0.2) is 48.6 Å². The SMILES string of the molecule is C1=CC=CC=CC=C1.O=CO. The molecule has 2 heteroatoms. The van der Waals surface area contributed by atoms with Gasteiger partial charge >= 0.3 is 0 Å². The maximum absolute atomic E-state index is 8.36. The summed E-state index contributed by atoms with van der Waals surface area (Å²) in [7, 11) is 0. The summed E-state index contributed by atoms with van der Waals surface area (Å²) in [5.41, 5.74) is 0. The van der Waals surface area contributed by atoms with Crippen LogP contribution >= 0.6 is 0 Å². The summed E-state index contributed by atoms with van der Waals surface area (Å²) in [5, 5.41) is 6.89. The average Bonchev–Trinajstić information content (AvgIpc) is 1.86. The first-order chi connectivity index (χ1) is 5.41. The number of hydrogen-bond donors (Lipinski definition) is 1. The Labute approximate surface area is 65.9 Å². The molecule has 0 heterocycles. The number of carboxylic acid groups (broad SMARTS) is 1. The van der Waals surface area contributed by atoms with Crippen LogP contribution in [-0.2, 0) is 4.79 Å². The molecule has 2 nitrogen and oxygen atoms in total. The molecule has 1 N–H and O–H groups in total. The van der Waals surface area contributed by atoms with Crippen LogP contribution < -0.4 is 0 Å². The third-order valence-electron chi connectivity index (χ3n) is 0.889. The second kappa shape index (κ2) is 8.43. The molecule has 0 aromatic rings. The summed E-state index contributed by atoms with van der Waals surface area (Å²) in [6, 6.07) is 0. The van der Waals surface area contributed by atoms with Crippen molar-refractivity contribution in [2.75, 3.05) is 0 Å². The van der Waals surface area contributed by atoms with Crippen LogP contribution in [0.25, 0.3) is 0 Å². The maximum Gasteiger partial charge on any atom is 0.290 e. The third-order valence-corrected chi connectivity index (χ3v) is 0.889. The van der Waals surface area contributed by atoms with Gasteiger partial charge in [0.05, 0.1) is 0 Å². The fraction of sp³-hybridized carbons (Fsp3) is 0. The zero-order valence-corrected chi connectivity index (χ0v) is 6.05. The Hall–Kier alpha value is -1.57. The quantitative estimate of drug-likeness (QED) is 0.536. The van der Waals surface area contributed by atoms with E-state index in [0.29, 0.717) is 0 Å². The highest BCUT2D eigenvalue weighted by Crippen LogP contribution is 1.87. The fourth-order valence-electron chi connectivity index (χ4n) is 0.513. The molecular formula is C9H10O2. The van der Waals surface area contributed by atoms with E-state index in [4.69, 9.17) is 9.90 Å². The van der Waals surface area contributed by atoms with Crippen molar-refractivity contribution in [1.82, 2.24) is 0 Å². The lowest BCUT2D eigenvalue weighted by molar-refractivity contribution is -0.122. The minimum atomic E-state index is -0.250. The van der Waals surface area contributed by atoms with Gasteiger partial charge in [-0.25, -0.2) is 0 Å². The van der Waals surface area contributed by atoms with Gasteiger partial charge in [-0.1, -0.05) is 48.6 Å². The van der Waals surface area contributed by atoms with E-state index in [0.717, 1.165) is 0 Å². The minimum Gasteiger partial charge on any atom is -0.483 e. The molecule has 0 aromatic carbocycles. The van der Waals surface area contributed by atoms with Crippen LogP contribution in [0.4, 0.5) is 0 Å². The third kappa shape index (κ3) is 8.43. The lowest BCUT2D eigenvalue weighted by Crippen LogP contribution is -1.55. The van der Waals surface area contributed by atoms with Gasteiger partial charge in [0.1, 0.15) is 0 Å². The number of hydrogen-bond acceptors (Lipinski definition) is 1. The van der Waals surface area contributed by atoms with Gasteiger partial charge in [-0.3, -0.25) is 4.79 Å². The van der Waals surface area contributed by atoms with Gasteiger partial charge in [0.2, 0.25) is 0 Å². The second-order valence-corrected chi connectivity index (χ2v) is 1.65. The standard InChI is InChI=1S/C8H8.CH2O2/c1-2-4-6-8-7-5-3-1;2-1-3/h1-8H;1H,(H,2,3). The van der Waals surface area contributed by atoms with Crippen molar-refractivity contribution in [3.8, 4) is 0 Å². The molecule has 1 aliphatic rings. The predicted octanol–water partition coefficient (Wildman–Crippen LogP) is 1.93.